The van der Waals surface area contributed by atoms with Crippen LogP contribution in [0.3, 0.4) is 0 Å². The minimum atomic E-state index is -3.41. The van der Waals surface area contributed by atoms with E-state index in [4.69, 9.17) is 4.74 Å². The molecule has 1 fully saturated rings. The summed E-state index contributed by atoms with van der Waals surface area (Å²) in [6.45, 7) is 10.1. The Morgan fingerprint density at radius 1 is 1.39 bits per heavy atom. The summed E-state index contributed by atoms with van der Waals surface area (Å²) in [6.07, 6.45) is 5.59. The zero-order valence-corrected chi connectivity index (χ0v) is 18.5. The fourth-order valence-corrected chi connectivity index (χ4v) is 4.64. The Bertz CT molecular complexity index is 1170. The van der Waals surface area contributed by atoms with Gasteiger partial charge in [0.05, 0.1) is 18.5 Å². The van der Waals surface area contributed by atoms with Gasteiger partial charge in [-0.2, -0.15) is 18.9 Å². The van der Waals surface area contributed by atoms with Gasteiger partial charge in [-0.25, -0.2) is 13.4 Å². The number of aromatic amines is 1. The average molecular weight is 447 g/mol. The number of hydrogen-bond donors (Lipinski definition) is 2. The van der Waals surface area contributed by atoms with Crippen LogP contribution in [0.25, 0.3) is 16.9 Å². The third-order valence-corrected chi connectivity index (χ3v) is 6.68. The molecule has 0 spiro atoms. The molecule has 0 unspecified atom stereocenters. The van der Waals surface area contributed by atoms with Crippen LogP contribution in [-0.4, -0.2) is 67.7 Å². The van der Waals surface area contributed by atoms with Crippen molar-refractivity contribution in [2.24, 2.45) is 5.92 Å². The van der Waals surface area contributed by atoms with E-state index in [1.54, 1.807) is 23.1 Å². The predicted molar refractivity (Wildman–Crippen MR) is 116 cm³/mol. The van der Waals surface area contributed by atoms with Gasteiger partial charge in [-0.1, -0.05) is 13.5 Å². The highest BCUT2D eigenvalue weighted by Crippen LogP contribution is 2.29. The Morgan fingerprint density at radius 3 is 2.84 bits per heavy atom. The summed E-state index contributed by atoms with van der Waals surface area (Å²) in [7, 11) is -3.41. The van der Waals surface area contributed by atoms with Crippen LogP contribution < -0.4 is 10.1 Å². The number of fused-ring (bicyclic) bond motifs is 1. The molecule has 0 aliphatic carbocycles. The summed E-state index contributed by atoms with van der Waals surface area (Å²) in [4.78, 5) is 9.05. The fourth-order valence-electron chi connectivity index (χ4n) is 3.63. The van der Waals surface area contributed by atoms with E-state index in [1.807, 2.05) is 20.8 Å². The number of anilines is 1. The Balaban J connectivity index is 1.60. The van der Waals surface area contributed by atoms with Gasteiger partial charge in [-0.3, -0.25) is 5.10 Å². The maximum absolute atomic E-state index is 12.1. The number of piperidine rings is 1. The topological polar surface area (TPSA) is 130 Å². The average Bonchev–Trinajstić information content (AvgIpc) is 3.39. The first kappa shape index (κ1) is 21.2. The highest BCUT2D eigenvalue weighted by molar-refractivity contribution is 7.92. The van der Waals surface area contributed by atoms with Crippen LogP contribution >= 0.6 is 0 Å². The van der Waals surface area contributed by atoms with Crippen LogP contribution in [0.1, 0.15) is 27.2 Å². The van der Waals surface area contributed by atoms with Crippen LogP contribution in [0.2, 0.25) is 0 Å². The second-order valence-corrected chi connectivity index (χ2v) is 9.74. The van der Waals surface area contributed by atoms with E-state index >= 15 is 0 Å². The van der Waals surface area contributed by atoms with Crippen molar-refractivity contribution in [2.75, 3.05) is 18.4 Å². The lowest BCUT2D eigenvalue weighted by atomic mass is 9.95. The first-order valence-electron chi connectivity index (χ1n) is 10.1. The second kappa shape index (κ2) is 8.27. The highest BCUT2D eigenvalue weighted by atomic mass is 32.2. The van der Waals surface area contributed by atoms with Crippen LogP contribution in [0.15, 0.2) is 30.6 Å². The molecule has 3 aromatic rings. The fraction of sp³-hybridized carbons (Fsp3) is 0.474. The van der Waals surface area contributed by atoms with Crippen molar-refractivity contribution in [1.29, 1.82) is 0 Å². The number of hydrogen-bond acceptors (Lipinski definition) is 8. The maximum Gasteiger partial charge on any atom is 0.244 e. The molecule has 12 heteroatoms. The number of ether oxygens (including phenoxy) is 1. The van der Waals surface area contributed by atoms with Gasteiger partial charge in [0.2, 0.25) is 21.9 Å². The number of rotatable bonds is 7. The third kappa shape index (κ3) is 4.26. The molecule has 0 saturated carbocycles. The van der Waals surface area contributed by atoms with Gasteiger partial charge in [-0.15, -0.1) is 5.10 Å². The van der Waals surface area contributed by atoms with Crippen LogP contribution in [0.4, 0.5) is 5.95 Å². The van der Waals surface area contributed by atoms with Crippen molar-refractivity contribution in [2.45, 2.75) is 39.3 Å². The van der Waals surface area contributed by atoms with E-state index in [1.165, 1.54) is 4.31 Å². The molecule has 3 aromatic heterocycles. The molecule has 0 bridgehead atoms. The molecule has 0 amide bonds. The third-order valence-electron chi connectivity index (χ3n) is 5.21. The number of aromatic nitrogens is 6. The molecule has 1 aliphatic heterocycles. The molecule has 166 valence electrons. The smallest absolute Gasteiger partial charge is 0.244 e. The van der Waals surface area contributed by atoms with Gasteiger partial charge in [0.25, 0.3) is 0 Å². The second-order valence-electron chi connectivity index (χ2n) is 7.86. The van der Waals surface area contributed by atoms with Gasteiger partial charge in [0.15, 0.2) is 5.65 Å². The predicted octanol–water partition coefficient (Wildman–Crippen LogP) is 1.90. The maximum atomic E-state index is 12.1. The number of nitrogens with zero attached hydrogens (tertiary/aromatic N) is 6. The van der Waals surface area contributed by atoms with Crippen LogP contribution in [-0.2, 0) is 10.0 Å². The lowest BCUT2D eigenvalue weighted by Gasteiger charge is -2.35. The molecule has 4 rings (SSSR count). The van der Waals surface area contributed by atoms with E-state index in [2.05, 4.69) is 37.2 Å². The van der Waals surface area contributed by atoms with Crippen molar-refractivity contribution < 1.29 is 13.2 Å². The van der Waals surface area contributed by atoms with Gasteiger partial charge >= 0.3 is 0 Å². The molecule has 4 heterocycles. The summed E-state index contributed by atoms with van der Waals surface area (Å²) >= 11 is 0. The Morgan fingerprint density at radius 2 is 2.19 bits per heavy atom. The number of nitrogens with one attached hydrogen (secondary N) is 2. The first-order chi connectivity index (χ1) is 14.8. The summed E-state index contributed by atoms with van der Waals surface area (Å²) in [5, 5.41) is 15.7. The summed E-state index contributed by atoms with van der Waals surface area (Å²) < 4.78 is 33.2. The van der Waals surface area contributed by atoms with Crippen molar-refractivity contribution in [3.8, 4) is 17.1 Å². The van der Waals surface area contributed by atoms with Gasteiger partial charge in [0.1, 0.15) is 5.69 Å². The Labute approximate surface area is 180 Å². The molecule has 11 nitrogen and oxygen atoms in total. The summed E-state index contributed by atoms with van der Waals surface area (Å²) in [6, 6.07) is 0.0319. The summed E-state index contributed by atoms with van der Waals surface area (Å²) in [5.41, 5.74) is 1.94. The number of H-pyrrole nitrogens is 1. The standard InChI is InChI=1S/C19H26N8O3S/c1-5-31(28,29)26-7-6-15(13(4)11-26)23-19-24-16-10-20-17(14-8-21-22-9-14)18(27(16)25-19)30-12(2)3/h5,8-10,12-13,15H,1,6-7,11H2,2-4H3,(H,21,22)(H,23,25)/t13-,15+/m1/s1. The molecule has 0 radical (unpaired) electrons. The molecule has 0 aromatic carbocycles. The Hall–Kier alpha value is -2.99. The molecule has 31 heavy (non-hydrogen) atoms. The van der Waals surface area contributed by atoms with E-state index in [-0.39, 0.29) is 18.1 Å². The van der Waals surface area contributed by atoms with E-state index < -0.39 is 10.0 Å². The SMILES string of the molecule is C=CS(=O)(=O)N1CC[C@H](Nc2nc3cnc(-c4cn[nH]c4)c(OC(C)C)n3n2)[C@H](C)C1. The highest BCUT2D eigenvalue weighted by Gasteiger charge is 2.32. The van der Waals surface area contributed by atoms with Crippen molar-refractivity contribution in [1.82, 2.24) is 34.1 Å². The van der Waals surface area contributed by atoms with Crippen molar-refractivity contribution in [3.63, 3.8) is 0 Å². The molecule has 1 saturated heterocycles. The minimum absolute atomic E-state index is 0.0319. The van der Waals surface area contributed by atoms with Gasteiger partial charge in [-0.05, 0) is 26.2 Å². The lowest BCUT2D eigenvalue weighted by Crippen LogP contribution is -2.47. The molecule has 2 N–H and O–H groups in total. The van der Waals surface area contributed by atoms with Gasteiger partial charge < -0.3 is 10.1 Å². The quantitative estimate of drug-likeness (QED) is 0.563. The lowest BCUT2D eigenvalue weighted by molar-refractivity contribution is 0.227. The minimum Gasteiger partial charge on any atom is -0.473 e. The normalized spacial score (nSPS) is 20.3. The molecule has 2 atom stereocenters. The molecule has 1 aliphatic rings. The van der Waals surface area contributed by atoms with E-state index in [0.29, 0.717) is 42.7 Å². The van der Waals surface area contributed by atoms with Crippen LogP contribution in [0, 0.1) is 5.92 Å². The largest absolute Gasteiger partial charge is 0.473 e. The van der Waals surface area contributed by atoms with E-state index in [9.17, 15) is 8.42 Å². The zero-order chi connectivity index (χ0) is 22.2. The van der Waals surface area contributed by atoms with Gasteiger partial charge in [0, 0.05) is 36.3 Å². The van der Waals surface area contributed by atoms with Crippen molar-refractivity contribution >= 4 is 21.6 Å². The zero-order valence-electron chi connectivity index (χ0n) is 17.7. The number of sulfonamides is 1. The monoisotopic (exact) mass is 446 g/mol. The summed E-state index contributed by atoms with van der Waals surface area (Å²) in [5.74, 6) is 0.993. The molecular weight excluding hydrogens is 420 g/mol. The Kier molecular flexibility index (Phi) is 5.67. The first-order valence-corrected chi connectivity index (χ1v) is 11.6. The van der Waals surface area contributed by atoms with Crippen LogP contribution in [0.5, 0.6) is 5.88 Å². The van der Waals surface area contributed by atoms with Crippen molar-refractivity contribution in [3.05, 3.63) is 30.6 Å². The van der Waals surface area contributed by atoms with E-state index in [0.717, 1.165) is 11.0 Å². The molecular formula is C19H26N8O3S.